The number of aromatic nitrogens is 3. The van der Waals surface area contributed by atoms with E-state index in [2.05, 4.69) is 268 Å². The smallest absolute Gasteiger partial charge is 0.139 e. The number of benzene rings is 10. The lowest BCUT2D eigenvalue weighted by atomic mass is 9.81. The topological polar surface area (TPSA) is 57.5 Å². The third-order valence-electron chi connectivity index (χ3n) is 18.3. The first kappa shape index (κ1) is 51.1. The summed E-state index contributed by atoms with van der Waals surface area (Å²) in [5.41, 5.74) is 18.6. The molecule has 13 aromatic rings. The summed E-state index contributed by atoms with van der Waals surface area (Å²) in [5.74, 6) is 3.54. The van der Waals surface area contributed by atoms with Gasteiger partial charge in [0, 0.05) is 51.8 Å². The molecule has 0 unspecified atom stereocenters. The highest BCUT2D eigenvalue weighted by Crippen LogP contribution is 2.53. The number of hydrogen-bond donors (Lipinski definition) is 0. The van der Waals surface area contributed by atoms with Gasteiger partial charge < -0.3 is 0 Å². The van der Waals surface area contributed by atoms with Gasteiger partial charge in [0.1, 0.15) is 23.3 Å². The van der Waals surface area contributed by atoms with E-state index in [4.69, 9.17) is 19.9 Å². The van der Waals surface area contributed by atoms with Gasteiger partial charge in [0.05, 0.1) is 11.0 Å². The van der Waals surface area contributed by atoms with E-state index in [1.54, 1.807) is 0 Å². The summed E-state index contributed by atoms with van der Waals surface area (Å²) in [6, 6.07) is 81.6. The number of pyridine rings is 3. The molecule has 2 aliphatic carbocycles. The van der Waals surface area contributed by atoms with Crippen molar-refractivity contribution in [1.82, 2.24) is 15.0 Å². The van der Waals surface area contributed by atoms with Gasteiger partial charge in [-0.05, 0) is 190 Å². The van der Waals surface area contributed by atoms with Crippen LogP contribution in [0.4, 0.5) is 28.8 Å². The standard InChI is InChI=1S/C80H60N6/c1-79(2)69-47-53(29-37-63(69)65-39-33-57(49-71(65)79)85(75-21-11-13-43-81-75)77-41-31-55-15-5-9-19-73(55)83-77)25-23-51-27-35-61-62-36-28-52(46-68(62)60-18-8-7-17-59(60)67(61)45-51)24-26-54-30-38-64-66-40-34-58(50-72(66)80(3,4)70(64)48-54)86(76-22-12-14-44-82-76)78-42-32-56-16-6-10-20-74(56)84-78/h5-11,13-21,23-50H,12,22H2,1-4H3/b25-23+,26-24+. The van der Waals surface area contributed by atoms with Crippen LogP contribution in [0.3, 0.4) is 0 Å². The summed E-state index contributed by atoms with van der Waals surface area (Å²) in [6.45, 7) is 9.42. The number of nitrogens with zero attached hydrogens (tertiary/aromatic N) is 6. The van der Waals surface area contributed by atoms with E-state index in [9.17, 15) is 0 Å². The highest BCUT2D eigenvalue weighted by Gasteiger charge is 2.38. The van der Waals surface area contributed by atoms with Gasteiger partial charge in [0.15, 0.2) is 0 Å². The monoisotopic (exact) mass is 1100 g/mol. The van der Waals surface area contributed by atoms with Crippen LogP contribution in [0.25, 0.3) is 101 Å². The third-order valence-corrected chi connectivity index (χ3v) is 18.3. The Morgan fingerprint density at radius 1 is 0.372 bits per heavy atom. The fourth-order valence-corrected chi connectivity index (χ4v) is 13.9. The summed E-state index contributed by atoms with van der Waals surface area (Å²) in [4.78, 5) is 24.4. The Balaban J connectivity index is 0.667. The van der Waals surface area contributed by atoms with Gasteiger partial charge in [-0.25, -0.2) is 19.9 Å². The second-order valence-electron chi connectivity index (χ2n) is 24.2. The highest BCUT2D eigenvalue weighted by molar-refractivity contribution is 6.26. The van der Waals surface area contributed by atoms with Crippen LogP contribution in [0.2, 0.25) is 0 Å². The van der Waals surface area contributed by atoms with Gasteiger partial charge in [-0.3, -0.25) is 9.80 Å². The Bertz CT molecular complexity index is 5060. The predicted octanol–water partition coefficient (Wildman–Crippen LogP) is 20.9. The molecule has 6 nitrogen and oxygen atoms in total. The summed E-state index contributed by atoms with van der Waals surface area (Å²) < 4.78 is 0. The molecule has 0 N–H and O–H groups in total. The molecule has 0 fully saturated rings. The van der Waals surface area contributed by atoms with Crippen LogP contribution in [-0.2, 0) is 10.8 Å². The Hall–Kier alpha value is -10.6. The number of allylic oxidation sites excluding steroid dienone is 1. The van der Waals surface area contributed by atoms with E-state index in [-0.39, 0.29) is 10.8 Å². The molecule has 0 saturated heterocycles. The van der Waals surface area contributed by atoms with Crippen LogP contribution in [0, 0.1) is 0 Å². The average molecular weight is 1110 g/mol. The molecule has 0 spiro atoms. The summed E-state index contributed by atoms with van der Waals surface area (Å²) in [5, 5.41) is 9.76. The van der Waals surface area contributed by atoms with Gasteiger partial charge in [-0.15, -0.1) is 0 Å². The van der Waals surface area contributed by atoms with Gasteiger partial charge in [-0.2, -0.15) is 0 Å². The zero-order chi connectivity index (χ0) is 57.7. The SMILES string of the molecule is CC1(C)c2cc(/C=C/c3ccc4c5ccc(/C=C/c6ccc7c(c6)C(C)(C)c6cc(N(c8ccccn8)c8ccc9ccccc9n8)ccc6-7)cc5c5ccccc5c4c3)ccc2-c2ccc(N(C3=NC=CCC3)c3ccc4ccccc4n3)cc21. The van der Waals surface area contributed by atoms with Crippen LogP contribution >= 0.6 is 0 Å². The molecule has 6 heteroatoms. The molecule has 0 atom stereocenters. The van der Waals surface area contributed by atoms with Gasteiger partial charge in [0.25, 0.3) is 0 Å². The molecular formula is C80H60N6. The maximum Gasteiger partial charge on any atom is 0.139 e. The van der Waals surface area contributed by atoms with Crippen molar-refractivity contribution in [2.24, 2.45) is 4.99 Å². The van der Waals surface area contributed by atoms with E-state index in [1.165, 1.54) is 99.1 Å². The molecule has 0 saturated carbocycles. The lowest BCUT2D eigenvalue weighted by Crippen LogP contribution is -2.28. The first-order chi connectivity index (χ1) is 42.1. The Kier molecular flexibility index (Phi) is 11.9. The van der Waals surface area contributed by atoms with E-state index < -0.39 is 0 Å². The van der Waals surface area contributed by atoms with Gasteiger partial charge in [0.2, 0.25) is 0 Å². The minimum atomic E-state index is -0.237. The second-order valence-corrected chi connectivity index (χ2v) is 24.2. The molecule has 0 amide bonds. The summed E-state index contributed by atoms with van der Waals surface area (Å²) in [7, 11) is 0. The average Bonchev–Trinajstić information content (AvgIpc) is 1.94. The van der Waals surface area contributed by atoms with E-state index in [1.807, 2.05) is 36.7 Å². The third kappa shape index (κ3) is 8.54. The molecule has 86 heavy (non-hydrogen) atoms. The predicted molar refractivity (Wildman–Crippen MR) is 362 cm³/mol. The number of rotatable bonds is 9. The minimum Gasteiger partial charge on any atom is -0.283 e. The fourth-order valence-electron chi connectivity index (χ4n) is 13.9. The van der Waals surface area contributed by atoms with Crippen molar-refractivity contribution in [3.63, 3.8) is 0 Å². The molecule has 3 aliphatic rings. The van der Waals surface area contributed by atoms with Crippen molar-refractivity contribution in [2.45, 2.75) is 51.4 Å². The molecule has 3 aromatic heterocycles. The number of amidine groups is 1. The van der Waals surface area contributed by atoms with Crippen LogP contribution in [-0.4, -0.2) is 20.8 Å². The van der Waals surface area contributed by atoms with Crippen molar-refractivity contribution >= 4 is 113 Å². The van der Waals surface area contributed by atoms with E-state index >= 15 is 0 Å². The molecule has 410 valence electrons. The Morgan fingerprint density at radius 3 is 1.33 bits per heavy atom. The molecule has 16 rings (SSSR count). The van der Waals surface area contributed by atoms with Crippen LogP contribution < -0.4 is 9.80 Å². The number of anilines is 5. The maximum atomic E-state index is 5.16. The minimum absolute atomic E-state index is 0.221. The van der Waals surface area contributed by atoms with Gasteiger partial charge >= 0.3 is 0 Å². The van der Waals surface area contributed by atoms with Crippen LogP contribution in [0.5, 0.6) is 0 Å². The first-order valence-corrected chi connectivity index (χ1v) is 29.9. The first-order valence-electron chi connectivity index (χ1n) is 29.9. The molecule has 0 bridgehead atoms. The maximum absolute atomic E-state index is 5.16. The fraction of sp³-hybridized carbons (Fsp3) is 0.100. The van der Waals surface area contributed by atoms with E-state index in [0.717, 1.165) is 69.3 Å². The Labute approximate surface area is 501 Å². The summed E-state index contributed by atoms with van der Waals surface area (Å²) in [6.07, 6.45) is 16.8. The zero-order valence-electron chi connectivity index (χ0n) is 48.5. The second kappa shape index (κ2) is 20.1. The number of fused-ring (bicyclic) bond motifs is 14. The van der Waals surface area contributed by atoms with Gasteiger partial charge in [-0.1, -0.05) is 198 Å². The Morgan fingerprint density at radius 2 is 0.814 bits per heavy atom. The van der Waals surface area contributed by atoms with Crippen molar-refractivity contribution in [3.8, 4) is 22.3 Å². The van der Waals surface area contributed by atoms with Crippen molar-refractivity contribution in [2.75, 3.05) is 9.80 Å². The quantitative estimate of drug-likeness (QED) is 0.106. The number of para-hydroxylation sites is 2. The zero-order valence-corrected chi connectivity index (χ0v) is 48.5. The van der Waals surface area contributed by atoms with Crippen molar-refractivity contribution < 1.29 is 0 Å². The largest absolute Gasteiger partial charge is 0.283 e. The molecule has 4 heterocycles. The van der Waals surface area contributed by atoms with Crippen LogP contribution in [0.1, 0.15) is 85.0 Å². The molecule has 10 aromatic carbocycles. The lowest BCUT2D eigenvalue weighted by molar-refractivity contribution is 0.660. The molecule has 1 aliphatic heterocycles. The normalized spacial score (nSPS) is 14.5. The van der Waals surface area contributed by atoms with Crippen molar-refractivity contribution in [1.29, 1.82) is 0 Å². The number of hydrogen-bond acceptors (Lipinski definition) is 6. The van der Waals surface area contributed by atoms with E-state index in [0.29, 0.717) is 0 Å². The lowest BCUT2D eigenvalue weighted by Gasteiger charge is -2.28. The molecule has 0 radical (unpaired) electrons. The van der Waals surface area contributed by atoms with Crippen LogP contribution in [0.15, 0.2) is 248 Å². The number of aliphatic imine (C=N–C) groups is 1. The summed E-state index contributed by atoms with van der Waals surface area (Å²) >= 11 is 0. The van der Waals surface area contributed by atoms with Crippen molar-refractivity contribution in [3.05, 3.63) is 287 Å². The molecular weight excluding hydrogens is 1040 g/mol. The highest BCUT2D eigenvalue weighted by atomic mass is 15.2.